The second-order valence-electron chi connectivity index (χ2n) is 8.02. The summed E-state index contributed by atoms with van der Waals surface area (Å²) in [7, 11) is 1.38. The third-order valence-electron chi connectivity index (χ3n) is 5.80. The van der Waals surface area contributed by atoms with E-state index in [1.165, 1.54) is 7.11 Å². The van der Waals surface area contributed by atoms with Crippen LogP contribution in [-0.4, -0.2) is 31.3 Å². The molecule has 6 heteroatoms. The molecule has 2 aliphatic rings. The standard InChI is InChI=1S/C24H26ClNO4/c1-29-23(27)9-6-17-4-5-18(13-21(17)25)20(12-15-10-11-30-14-15)22-8-7-19(16-2-3-16)24(28)26-22/h4-5,7-8,12-13,15-16H,2-3,6,9-11,14H2,1H3,(H,26,28)/b20-12+. The van der Waals surface area contributed by atoms with Crippen LogP contribution in [0.4, 0.5) is 0 Å². The number of rotatable bonds is 7. The van der Waals surface area contributed by atoms with Gasteiger partial charge in [-0.3, -0.25) is 9.59 Å². The molecule has 1 aromatic heterocycles. The van der Waals surface area contributed by atoms with Crippen molar-refractivity contribution >= 4 is 23.1 Å². The van der Waals surface area contributed by atoms with Crippen LogP contribution in [0.2, 0.25) is 5.02 Å². The first-order valence-electron chi connectivity index (χ1n) is 10.4. The predicted molar refractivity (Wildman–Crippen MR) is 117 cm³/mol. The number of ether oxygens (including phenoxy) is 2. The summed E-state index contributed by atoms with van der Waals surface area (Å²) >= 11 is 6.53. The minimum Gasteiger partial charge on any atom is -0.469 e. The van der Waals surface area contributed by atoms with Gasteiger partial charge in [-0.2, -0.15) is 0 Å². The largest absolute Gasteiger partial charge is 0.469 e. The summed E-state index contributed by atoms with van der Waals surface area (Å²) in [6.45, 7) is 1.43. The van der Waals surface area contributed by atoms with E-state index in [0.29, 0.717) is 29.9 Å². The highest BCUT2D eigenvalue weighted by Gasteiger charge is 2.26. The molecule has 158 valence electrons. The average molecular weight is 428 g/mol. The van der Waals surface area contributed by atoms with E-state index in [0.717, 1.165) is 53.8 Å². The van der Waals surface area contributed by atoms with Gasteiger partial charge < -0.3 is 14.5 Å². The molecule has 1 saturated carbocycles. The molecule has 2 heterocycles. The van der Waals surface area contributed by atoms with Gasteiger partial charge in [0, 0.05) is 40.8 Å². The molecule has 30 heavy (non-hydrogen) atoms. The Labute approximate surface area is 181 Å². The third-order valence-corrected chi connectivity index (χ3v) is 6.16. The Balaban J connectivity index is 1.66. The minimum absolute atomic E-state index is 0.00985. The first-order valence-corrected chi connectivity index (χ1v) is 10.8. The number of hydrogen-bond donors (Lipinski definition) is 1. The van der Waals surface area contributed by atoms with Gasteiger partial charge >= 0.3 is 5.97 Å². The number of aromatic amines is 1. The monoisotopic (exact) mass is 427 g/mol. The lowest BCUT2D eigenvalue weighted by atomic mass is 9.94. The lowest BCUT2D eigenvalue weighted by molar-refractivity contribution is -0.140. The van der Waals surface area contributed by atoms with Crippen molar-refractivity contribution in [2.75, 3.05) is 20.3 Å². The van der Waals surface area contributed by atoms with Crippen molar-refractivity contribution in [3.63, 3.8) is 0 Å². The van der Waals surface area contributed by atoms with Gasteiger partial charge in [-0.25, -0.2) is 0 Å². The van der Waals surface area contributed by atoms with Gasteiger partial charge in [0.25, 0.3) is 5.56 Å². The number of aromatic nitrogens is 1. The number of H-pyrrole nitrogens is 1. The van der Waals surface area contributed by atoms with Crippen LogP contribution in [0.15, 0.2) is 41.2 Å². The number of carbonyl (C=O) groups is 1. The van der Waals surface area contributed by atoms with Crippen LogP contribution in [-0.2, 0) is 20.7 Å². The Bertz CT molecular complexity index is 1020. The number of carbonyl (C=O) groups excluding carboxylic acids is 1. The number of benzene rings is 1. The first kappa shape index (κ1) is 20.9. The maximum atomic E-state index is 12.6. The molecule has 1 aromatic carbocycles. The van der Waals surface area contributed by atoms with Gasteiger partial charge in [-0.15, -0.1) is 0 Å². The van der Waals surface area contributed by atoms with E-state index in [1.807, 2.05) is 30.3 Å². The molecule has 1 atom stereocenters. The number of esters is 1. The normalized spacial score (nSPS) is 19.1. The lowest BCUT2D eigenvalue weighted by Gasteiger charge is -2.14. The Hall–Kier alpha value is -2.37. The van der Waals surface area contributed by atoms with Gasteiger partial charge in [-0.1, -0.05) is 35.9 Å². The average Bonchev–Trinajstić information content (AvgIpc) is 3.45. The molecule has 1 unspecified atom stereocenters. The van der Waals surface area contributed by atoms with Crippen molar-refractivity contribution in [1.29, 1.82) is 0 Å². The van der Waals surface area contributed by atoms with E-state index < -0.39 is 0 Å². The first-order chi connectivity index (χ1) is 14.5. The molecule has 1 N–H and O–H groups in total. The van der Waals surface area contributed by atoms with Gasteiger partial charge in [0.2, 0.25) is 0 Å². The zero-order valence-corrected chi connectivity index (χ0v) is 17.8. The fourth-order valence-corrected chi connectivity index (χ4v) is 4.15. The van der Waals surface area contributed by atoms with Crippen molar-refractivity contribution in [2.45, 2.75) is 38.0 Å². The highest BCUT2D eigenvalue weighted by molar-refractivity contribution is 6.31. The molecule has 4 rings (SSSR count). The molecular formula is C24H26ClNO4. The Kier molecular flexibility index (Phi) is 6.40. The predicted octanol–water partition coefficient (Wildman–Crippen LogP) is 4.48. The molecule has 2 aromatic rings. The van der Waals surface area contributed by atoms with Crippen molar-refractivity contribution < 1.29 is 14.3 Å². The summed E-state index contributed by atoms with van der Waals surface area (Å²) in [6.07, 6.45) is 6.12. The molecule has 2 fully saturated rings. The SMILES string of the molecule is COC(=O)CCc1ccc(/C(=C\C2CCOC2)c2ccc(C3CC3)c(=O)[nH]2)cc1Cl. The molecule has 0 amide bonds. The number of methoxy groups -OCH3 is 1. The fraction of sp³-hybridized carbons (Fsp3) is 0.417. The second kappa shape index (κ2) is 9.19. The number of hydrogen-bond acceptors (Lipinski definition) is 4. The summed E-state index contributed by atoms with van der Waals surface area (Å²) in [5, 5.41) is 0.599. The van der Waals surface area contributed by atoms with Crippen LogP contribution in [0.25, 0.3) is 5.57 Å². The quantitative estimate of drug-likeness (QED) is 0.661. The maximum Gasteiger partial charge on any atom is 0.305 e. The van der Waals surface area contributed by atoms with Crippen LogP contribution in [0.1, 0.15) is 54.0 Å². The smallest absolute Gasteiger partial charge is 0.305 e. The zero-order valence-electron chi connectivity index (χ0n) is 17.1. The molecule has 1 aliphatic heterocycles. The van der Waals surface area contributed by atoms with Crippen LogP contribution in [0.5, 0.6) is 0 Å². The van der Waals surface area contributed by atoms with Gasteiger partial charge in [-0.05, 0) is 54.9 Å². The van der Waals surface area contributed by atoms with Gasteiger partial charge in [0.15, 0.2) is 0 Å². The molecular weight excluding hydrogens is 402 g/mol. The third kappa shape index (κ3) is 4.85. The van der Waals surface area contributed by atoms with Crippen molar-refractivity contribution in [3.05, 3.63) is 74.2 Å². The van der Waals surface area contributed by atoms with Crippen molar-refractivity contribution in [3.8, 4) is 0 Å². The molecule has 1 saturated heterocycles. The van der Waals surface area contributed by atoms with Gasteiger partial charge in [0.1, 0.15) is 0 Å². The molecule has 0 bridgehead atoms. The molecule has 0 radical (unpaired) electrons. The maximum absolute atomic E-state index is 12.6. The lowest BCUT2D eigenvalue weighted by Crippen LogP contribution is -2.14. The number of halogens is 1. The van der Waals surface area contributed by atoms with Crippen LogP contribution in [0.3, 0.4) is 0 Å². The Morgan fingerprint density at radius 2 is 2.10 bits per heavy atom. The van der Waals surface area contributed by atoms with E-state index in [-0.39, 0.29) is 17.9 Å². The summed E-state index contributed by atoms with van der Waals surface area (Å²) in [6, 6.07) is 9.79. The molecule has 5 nitrogen and oxygen atoms in total. The van der Waals surface area contributed by atoms with Crippen molar-refractivity contribution in [1.82, 2.24) is 4.98 Å². The summed E-state index contributed by atoms with van der Waals surface area (Å²) in [5.74, 6) is 0.441. The van der Waals surface area contributed by atoms with E-state index in [2.05, 4.69) is 11.1 Å². The van der Waals surface area contributed by atoms with E-state index in [1.54, 1.807) is 0 Å². The van der Waals surface area contributed by atoms with E-state index in [4.69, 9.17) is 21.1 Å². The van der Waals surface area contributed by atoms with Gasteiger partial charge in [0.05, 0.1) is 13.7 Å². The number of pyridine rings is 1. The zero-order chi connectivity index (χ0) is 21.1. The second-order valence-corrected chi connectivity index (χ2v) is 8.42. The van der Waals surface area contributed by atoms with E-state index >= 15 is 0 Å². The minimum atomic E-state index is -0.259. The number of aryl methyl sites for hydroxylation is 1. The van der Waals surface area contributed by atoms with Crippen LogP contribution >= 0.6 is 11.6 Å². The highest BCUT2D eigenvalue weighted by Crippen LogP contribution is 2.38. The van der Waals surface area contributed by atoms with Crippen molar-refractivity contribution in [2.24, 2.45) is 5.92 Å². The van der Waals surface area contributed by atoms with E-state index in [9.17, 15) is 9.59 Å². The number of nitrogens with one attached hydrogen (secondary N) is 1. The summed E-state index contributed by atoms with van der Waals surface area (Å²) < 4.78 is 10.2. The summed E-state index contributed by atoms with van der Waals surface area (Å²) in [4.78, 5) is 27.1. The molecule has 0 spiro atoms. The Morgan fingerprint density at radius 3 is 2.73 bits per heavy atom. The van der Waals surface area contributed by atoms with Crippen LogP contribution < -0.4 is 5.56 Å². The van der Waals surface area contributed by atoms with Crippen LogP contribution in [0, 0.1) is 5.92 Å². The highest BCUT2D eigenvalue weighted by atomic mass is 35.5. The summed E-state index contributed by atoms with van der Waals surface area (Å²) in [5.41, 5.74) is 4.43. The fourth-order valence-electron chi connectivity index (χ4n) is 3.88. The Morgan fingerprint density at radius 1 is 1.27 bits per heavy atom. The topological polar surface area (TPSA) is 68.4 Å². The molecule has 1 aliphatic carbocycles.